The summed E-state index contributed by atoms with van der Waals surface area (Å²) in [6.45, 7) is 0. The number of benzene rings is 1. The number of hydrogen-bond donors (Lipinski definition) is 0. The van der Waals surface area contributed by atoms with Crippen LogP contribution in [0, 0.1) is 0 Å². The number of pyridine rings is 1. The minimum Gasteiger partial charge on any atom is -0.334 e. The largest absolute Gasteiger partial charge is 0.334 e. The van der Waals surface area contributed by atoms with Crippen molar-refractivity contribution in [3.8, 4) is 22.8 Å². The summed E-state index contributed by atoms with van der Waals surface area (Å²) in [7, 11) is 0. The van der Waals surface area contributed by atoms with Crippen molar-refractivity contribution in [3.05, 3.63) is 48.8 Å². The van der Waals surface area contributed by atoms with E-state index in [9.17, 15) is 0 Å². The lowest BCUT2D eigenvalue weighted by molar-refractivity contribution is 0.432. The molecule has 0 saturated carbocycles. The zero-order valence-electron chi connectivity index (χ0n) is 10.2. The van der Waals surface area contributed by atoms with Crippen LogP contribution in [0.4, 0.5) is 5.69 Å². The van der Waals surface area contributed by atoms with Gasteiger partial charge >= 0.3 is 0 Å². The van der Waals surface area contributed by atoms with E-state index in [1.54, 1.807) is 12.4 Å². The minimum atomic E-state index is 0.446. The number of nitrogens with zero attached hydrogens (tertiary/aromatic N) is 4. The zero-order chi connectivity index (χ0) is 13.8. The molecular weight excluding hydrogens is 272 g/mol. The number of hydrogen-bond acceptors (Lipinski definition) is 6. The van der Waals surface area contributed by atoms with Crippen LogP contribution in [0.15, 0.2) is 58.3 Å². The maximum Gasteiger partial charge on any atom is 0.258 e. The van der Waals surface area contributed by atoms with Crippen LogP contribution in [-0.2, 0) is 0 Å². The second kappa shape index (κ2) is 5.52. The summed E-state index contributed by atoms with van der Waals surface area (Å²) in [6, 6.07) is 11.0. The average molecular weight is 280 g/mol. The van der Waals surface area contributed by atoms with Gasteiger partial charge in [-0.25, -0.2) is 0 Å². The second-order valence-corrected chi connectivity index (χ2v) is 4.10. The first kappa shape index (κ1) is 12.3. The van der Waals surface area contributed by atoms with Crippen LogP contribution in [0.3, 0.4) is 0 Å². The Morgan fingerprint density at radius 3 is 2.65 bits per heavy atom. The van der Waals surface area contributed by atoms with Crippen molar-refractivity contribution in [1.29, 1.82) is 0 Å². The number of isothiocyanates is 1. The molecule has 0 unspecified atom stereocenters. The van der Waals surface area contributed by atoms with Gasteiger partial charge in [-0.1, -0.05) is 5.16 Å². The summed E-state index contributed by atoms with van der Waals surface area (Å²) in [6.07, 6.45) is 3.38. The molecule has 2 aromatic heterocycles. The van der Waals surface area contributed by atoms with Crippen LogP contribution in [0.1, 0.15) is 0 Å². The van der Waals surface area contributed by atoms with Gasteiger partial charge in [-0.3, -0.25) is 4.98 Å². The Morgan fingerprint density at radius 2 is 1.95 bits per heavy atom. The summed E-state index contributed by atoms with van der Waals surface area (Å²) in [5.74, 6) is 0.954. The molecule has 0 fully saturated rings. The molecule has 0 N–H and O–H groups in total. The van der Waals surface area contributed by atoms with Crippen LogP contribution in [0.25, 0.3) is 22.8 Å². The first-order chi connectivity index (χ1) is 9.86. The summed E-state index contributed by atoms with van der Waals surface area (Å²) < 4.78 is 5.25. The topological polar surface area (TPSA) is 64.2 Å². The number of aliphatic imine (C=N–C) groups is 1. The molecule has 0 aliphatic heterocycles. The quantitative estimate of drug-likeness (QED) is 0.542. The van der Waals surface area contributed by atoms with Crippen molar-refractivity contribution in [2.75, 3.05) is 0 Å². The van der Waals surface area contributed by atoms with E-state index in [1.807, 2.05) is 36.4 Å². The standard InChI is InChI=1S/C14H8N4OS/c20-9-16-12-5-3-10(4-6-12)14-17-13(18-19-14)11-2-1-7-15-8-11/h1-8H. The third kappa shape index (κ3) is 2.51. The van der Waals surface area contributed by atoms with Crippen molar-refractivity contribution in [2.24, 2.45) is 4.99 Å². The fourth-order valence-electron chi connectivity index (χ4n) is 1.68. The van der Waals surface area contributed by atoms with Crippen molar-refractivity contribution in [3.63, 3.8) is 0 Å². The molecule has 0 radical (unpaired) electrons. The summed E-state index contributed by atoms with van der Waals surface area (Å²) in [4.78, 5) is 12.3. The lowest BCUT2D eigenvalue weighted by Gasteiger charge is -1.94. The Balaban J connectivity index is 1.92. The van der Waals surface area contributed by atoms with Crippen molar-refractivity contribution in [1.82, 2.24) is 15.1 Å². The molecule has 5 nitrogen and oxygen atoms in total. The monoisotopic (exact) mass is 280 g/mol. The minimum absolute atomic E-state index is 0.446. The molecule has 0 aliphatic carbocycles. The Labute approximate surface area is 120 Å². The fraction of sp³-hybridized carbons (Fsp3) is 0. The maximum atomic E-state index is 5.25. The van der Waals surface area contributed by atoms with Gasteiger partial charge in [0.15, 0.2) is 0 Å². The highest BCUT2D eigenvalue weighted by Gasteiger charge is 2.10. The van der Waals surface area contributed by atoms with Crippen molar-refractivity contribution in [2.45, 2.75) is 0 Å². The lowest BCUT2D eigenvalue weighted by atomic mass is 10.2. The van der Waals surface area contributed by atoms with Gasteiger partial charge in [0, 0.05) is 23.5 Å². The molecule has 2 heterocycles. The maximum absolute atomic E-state index is 5.25. The van der Waals surface area contributed by atoms with Gasteiger partial charge in [-0.2, -0.15) is 9.98 Å². The van der Waals surface area contributed by atoms with Gasteiger partial charge in [0.2, 0.25) is 5.82 Å². The van der Waals surface area contributed by atoms with E-state index in [4.69, 9.17) is 4.52 Å². The van der Waals surface area contributed by atoms with E-state index in [2.05, 4.69) is 37.5 Å². The first-order valence-electron chi connectivity index (χ1n) is 5.79. The van der Waals surface area contributed by atoms with Gasteiger partial charge in [0.1, 0.15) is 0 Å². The van der Waals surface area contributed by atoms with Crippen LogP contribution in [0.2, 0.25) is 0 Å². The highest BCUT2D eigenvalue weighted by atomic mass is 32.1. The van der Waals surface area contributed by atoms with Crippen molar-refractivity contribution >= 4 is 23.1 Å². The smallest absolute Gasteiger partial charge is 0.258 e. The lowest BCUT2D eigenvalue weighted by Crippen LogP contribution is -1.81. The Hall–Kier alpha value is -2.69. The van der Waals surface area contributed by atoms with Gasteiger partial charge in [-0.05, 0) is 48.6 Å². The molecule has 96 valence electrons. The van der Waals surface area contributed by atoms with Crippen LogP contribution in [0.5, 0.6) is 0 Å². The molecule has 0 atom stereocenters. The molecule has 0 amide bonds. The predicted octanol–water partition coefficient (Wildman–Crippen LogP) is 3.53. The fourth-order valence-corrected chi connectivity index (χ4v) is 1.79. The van der Waals surface area contributed by atoms with Gasteiger partial charge < -0.3 is 4.52 Å². The molecule has 3 aromatic rings. The summed E-state index contributed by atoms with van der Waals surface area (Å²) in [5, 5.41) is 6.26. The van der Waals surface area contributed by atoms with Crippen LogP contribution in [-0.4, -0.2) is 20.3 Å². The third-order valence-electron chi connectivity index (χ3n) is 2.63. The van der Waals surface area contributed by atoms with E-state index >= 15 is 0 Å². The van der Waals surface area contributed by atoms with Crippen molar-refractivity contribution < 1.29 is 4.52 Å². The SMILES string of the molecule is S=C=Nc1ccc(-c2nc(-c3cccnc3)no2)cc1. The second-order valence-electron chi connectivity index (χ2n) is 3.91. The molecule has 0 spiro atoms. The molecule has 3 rings (SSSR count). The Morgan fingerprint density at radius 1 is 1.10 bits per heavy atom. The number of aromatic nitrogens is 3. The highest BCUT2D eigenvalue weighted by Crippen LogP contribution is 2.23. The van der Waals surface area contributed by atoms with Crippen LogP contribution < -0.4 is 0 Å². The van der Waals surface area contributed by atoms with Crippen LogP contribution >= 0.6 is 12.2 Å². The first-order valence-corrected chi connectivity index (χ1v) is 6.20. The molecule has 1 aromatic carbocycles. The highest BCUT2D eigenvalue weighted by molar-refractivity contribution is 7.78. The van der Waals surface area contributed by atoms with Gasteiger partial charge in [0.25, 0.3) is 5.89 Å². The van der Waals surface area contributed by atoms with E-state index in [-0.39, 0.29) is 0 Å². The average Bonchev–Trinajstić information content (AvgIpc) is 2.99. The Bertz CT molecular complexity index is 761. The Kier molecular flexibility index (Phi) is 3.41. The molecule has 0 aliphatic rings. The van der Waals surface area contributed by atoms with E-state index in [0.29, 0.717) is 11.7 Å². The van der Waals surface area contributed by atoms with E-state index in [1.165, 1.54) is 0 Å². The number of rotatable bonds is 3. The molecule has 6 heteroatoms. The zero-order valence-corrected chi connectivity index (χ0v) is 11.0. The molecule has 0 saturated heterocycles. The normalized spacial score (nSPS) is 10.0. The summed E-state index contributed by atoms with van der Waals surface area (Å²) >= 11 is 4.55. The van der Waals surface area contributed by atoms with Gasteiger partial charge in [-0.15, -0.1) is 0 Å². The van der Waals surface area contributed by atoms with E-state index in [0.717, 1.165) is 16.8 Å². The molecule has 0 bridgehead atoms. The molecule has 20 heavy (non-hydrogen) atoms. The molecular formula is C14H8N4OS. The van der Waals surface area contributed by atoms with E-state index < -0.39 is 0 Å². The number of thiocarbonyl (C=S) groups is 1. The predicted molar refractivity (Wildman–Crippen MR) is 77.7 cm³/mol. The summed E-state index contributed by atoms with van der Waals surface area (Å²) in [5.41, 5.74) is 2.36. The van der Waals surface area contributed by atoms with Gasteiger partial charge in [0.05, 0.1) is 10.8 Å². The third-order valence-corrected chi connectivity index (χ3v) is 2.73.